The van der Waals surface area contributed by atoms with E-state index >= 15 is 0 Å². The summed E-state index contributed by atoms with van der Waals surface area (Å²) < 4.78 is 2.34. The molecule has 1 heterocycles. The molecule has 14 heavy (non-hydrogen) atoms. The fourth-order valence-corrected chi connectivity index (χ4v) is 3.04. The van der Waals surface area contributed by atoms with E-state index in [0.29, 0.717) is 0 Å². The SMILES string of the molecule is CCN1Sc2cccc3cccc1c23. The smallest absolute Gasteiger partial charge is 0.0563 e. The quantitative estimate of drug-likeness (QED) is 0.647. The van der Waals surface area contributed by atoms with Gasteiger partial charge in [0.15, 0.2) is 0 Å². The van der Waals surface area contributed by atoms with E-state index in [1.807, 2.05) is 11.9 Å². The average Bonchev–Trinajstić information content (AvgIpc) is 2.60. The summed E-state index contributed by atoms with van der Waals surface area (Å²) in [7, 11) is 0. The van der Waals surface area contributed by atoms with Crippen molar-refractivity contribution >= 4 is 28.4 Å². The first-order chi connectivity index (χ1) is 6.90. The minimum absolute atomic E-state index is 1.05. The summed E-state index contributed by atoms with van der Waals surface area (Å²) in [4.78, 5) is 1.39. The molecule has 0 saturated heterocycles. The maximum absolute atomic E-state index is 2.34. The van der Waals surface area contributed by atoms with Crippen LogP contribution in [0.3, 0.4) is 0 Å². The molecule has 2 aromatic rings. The average molecular weight is 201 g/mol. The van der Waals surface area contributed by atoms with Crippen molar-refractivity contribution in [2.45, 2.75) is 11.8 Å². The molecule has 1 nitrogen and oxygen atoms in total. The van der Waals surface area contributed by atoms with Crippen LogP contribution >= 0.6 is 11.9 Å². The zero-order chi connectivity index (χ0) is 9.54. The second kappa shape index (κ2) is 2.92. The number of anilines is 1. The Kier molecular flexibility index (Phi) is 1.71. The van der Waals surface area contributed by atoms with Crippen molar-refractivity contribution in [1.82, 2.24) is 0 Å². The molecule has 1 aliphatic rings. The third-order valence-corrected chi connectivity index (χ3v) is 3.82. The van der Waals surface area contributed by atoms with E-state index in [2.05, 4.69) is 47.6 Å². The fraction of sp³-hybridized carbons (Fsp3) is 0.167. The molecule has 3 rings (SSSR count). The van der Waals surface area contributed by atoms with Gasteiger partial charge >= 0.3 is 0 Å². The Balaban J connectivity index is 2.38. The molecule has 2 aromatic carbocycles. The van der Waals surface area contributed by atoms with Crippen LogP contribution in [0.2, 0.25) is 0 Å². The van der Waals surface area contributed by atoms with Gasteiger partial charge in [0.05, 0.1) is 5.69 Å². The van der Waals surface area contributed by atoms with Crippen molar-refractivity contribution < 1.29 is 0 Å². The van der Waals surface area contributed by atoms with Crippen LogP contribution in [0.25, 0.3) is 10.8 Å². The highest BCUT2D eigenvalue weighted by molar-refractivity contribution is 8.01. The molecule has 0 bridgehead atoms. The molecule has 0 fully saturated rings. The molecule has 0 aliphatic carbocycles. The summed E-state index contributed by atoms with van der Waals surface area (Å²) in [6, 6.07) is 13.0. The van der Waals surface area contributed by atoms with Gasteiger partial charge in [0, 0.05) is 16.8 Å². The zero-order valence-corrected chi connectivity index (χ0v) is 8.84. The summed E-state index contributed by atoms with van der Waals surface area (Å²) in [6.45, 7) is 3.25. The van der Waals surface area contributed by atoms with Gasteiger partial charge in [0.2, 0.25) is 0 Å². The standard InChI is InChI=1S/C12H11NS/c1-2-13-10-7-3-5-9-6-4-8-11(14-13)12(9)10/h3-8H,2H2,1H3. The van der Waals surface area contributed by atoms with Crippen molar-refractivity contribution in [3.8, 4) is 0 Å². The second-order valence-electron chi connectivity index (χ2n) is 3.42. The highest BCUT2D eigenvalue weighted by Gasteiger charge is 2.20. The third-order valence-electron chi connectivity index (χ3n) is 2.61. The highest BCUT2D eigenvalue weighted by Crippen LogP contribution is 2.45. The summed E-state index contributed by atoms with van der Waals surface area (Å²) in [5.74, 6) is 0. The van der Waals surface area contributed by atoms with Crippen LogP contribution in [-0.2, 0) is 0 Å². The van der Waals surface area contributed by atoms with Crippen LogP contribution in [0, 0.1) is 0 Å². The molecule has 0 unspecified atom stereocenters. The lowest BCUT2D eigenvalue weighted by Gasteiger charge is -2.14. The summed E-state index contributed by atoms with van der Waals surface area (Å²) in [5, 5.41) is 2.77. The van der Waals surface area contributed by atoms with Gasteiger partial charge in [0.1, 0.15) is 0 Å². The van der Waals surface area contributed by atoms with E-state index in [9.17, 15) is 0 Å². The van der Waals surface area contributed by atoms with Crippen molar-refractivity contribution in [2.75, 3.05) is 10.8 Å². The summed E-state index contributed by atoms with van der Waals surface area (Å²) >= 11 is 1.85. The molecule has 0 amide bonds. The van der Waals surface area contributed by atoms with Crippen LogP contribution in [-0.4, -0.2) is 6.54 Å². The Morgan fingerprint density at radius 3 is 2.71 bits per heavy atom. The molecular formula is C12H11NS. The van der Waals surface area contributed by atoms with Crippen molar-refractivity contribution in [2.24, 2.45) is 0 Å². The number of hydrogen-bond acceptors (Lipinski definition) is 2. The Morgan fingerprint density at radius 1 is 1.14 bits per heavy atom. The van der Waals surface area contributed by atoms with Crippen LogP contribution in [0.5, 0.6) is 0 Å². The Bertz CT molecular complexity index is 487. The number of benzene rings is 2. The van der Waals surface area contributed by atoms with Crippen molar-refractivity contribution in [1.29, 1.82) is 0 Å². The number of nitrogens with zero attached hydrogens (tertiary/aromatic N) is 1. The van der Waals surface area contributed by atoms with Gasteiger partial charge in [-0.25, -0.2) is 0 Å². The van der Waals surface area contributed by atoms with E-state index in [-0.39, 0.29) is 0 Å². The van der Waals surface area contributed by atoms with E-state index in [0.717, 1.165) is 6.54 Å². The Hall–Kier alpha value is -1.15. The Labute approximate surface area is 87.9 Å². The lowest BCUT2D eigenvalue weighted by molar-refractivity contribution is 1.13. The van der Waals surface area contributed by atoms with Crippen molar-refractivity contribution in [3.05, 3.63) is 36.4 Å². The van der Waals surface area contributed by atoms with E-state index in [1.165, 1.54) is 21.4 Å². The number of hydrogen-bond donors (Lipinski definition) is 0. The lowest BCUT2D eigenvalue weighted by atomic mass is 10.1. The van der Waals surface area contributed by atoms with Gasteiger partial charge in [-0.15, -0.1) is 0 Å². The highest BCUT2D eigenvalue weighted by atomic mass is 32.2. The predicted molar refractivity (Wildman–Crippen MR) is 62.8 cm³/mol. The fourth-order valence-electron chi connectivity index (χ4n) is 1.97. The maximum atomic E-state index is 2.34. The van der Waals surface area contributed by atoms with E-state index < -0.39 is 0 Å². The minimum Gasteiger partial charge on any atom is -0.312 e. The molecule has 0 spiro atoms. The first kappa shape index (κ1) is 8.18. The topological polar surface area (TPSA) is 3.24 Å². The van der Waals surface area contributed by atoms with Crippen LogP contribution < -0.4 is 4.31 Å². The van der Waals surface area contributed by atoms with Gasteiger partial charge in [-0.1, -0.05) is 24.3 Å². The largest absolute Gasteiger partial charge is 0.312 e. The second-order valence-corrected chi connectivity index (χ2v) is 4.48. The first-order valence-corrected chi connectivity index (χ1v) is 5.65. The summed E-state index contributed by atoms with van der Waals surface area (Å²) in [5.41, 5.74) is 1.37. The lowest BCUT2D eigenvalue weighted by Crippen LogP contribution is -2.08. The van der Waals surface area contributed by atoms with Crippen LogP contribution in [0.4, 0.5) is 5.69 Å². The molecule has 70 valence electrons. The predicted octanol–water partition coefficient (Wildman–Crippen LogP) is 3.69. The first-order valence-electron chi connectivity index (χ1n) is 4.87. The van der Waals surface area contributed by atoms with Crippen LogP contribution in [0.15, 0.2) is 41.3 Å². The van der Waals surface area contributed by atoms with E-state index in [1.54, 1.807) is 0 Å². The molecular weight excluding hydrogens is 190 g/mol. The van der Waals surface area contributed by atoms with Crippen molar-refractivity contribution in [3.63, 3.8) is 0 Å². The molecule has 0 aromatic heterocycles. The zero-order valence-electron chi connectivity index (χ0n) is 8.03. The van der Waals surface area contributed by atoms with Gasteiger partial charge in [-0.2, -0.15) is 0 Å². The molecule has 0 radical (unpaired) electrons. The maximum Gasteiger partial charge on any atom is 0.0563 e. The van der Waals surface area contributed by atoms with Crippen LogP contribution in [0.1, 0.15) is 6.92 Å². The molecule has 1 aliphatic heterocycles. The normalized spacial score (nSPS) is 13.9. The molecule has 2 heteroatoms. The molecule has 0 saturated carbocycles. The monoisotopic (exact) mass is 201 g/mol. The minimum atomic E-state index is 1.05. The molecule has 0 atom stereocenters. The van der Waals surface area contributed by atoms with Gasteiger partial charge in [0.25, 0.3) is 0 Å². The third kappa shape index (κ3) is 0.976. The summed E-state index contributed by atoms with van der Waals surface area (Å²) in [6.07, 6.45) is 0. The Morgan fingerprint density at radius 2 is 1.93 bits per heavy atom. The number of rotatable bonds is 1. The van der Waals surface area contributed by atoms with Gasteiger partial charge in [-0.05, 0) is 36.4 Å². The van der Waals surface area contributed by atoms with Gasteiger partial charge in [-0.3, -0.25) is 0 Å². The molecule has 0 N–H and O–H groups in total. The van der Waals surface area contributed by atoms with E-state index in [4.69, 9.17) is 0 Å². The van der Waals surface area contributed by atoms with Gasteiger partial charge < -0.3 is 4.31 Å².